The largest absolute Gasteiger partial charge is 0.497 e. The number of hydrogen-bond acceptors (Lipinski definition) is 7. The first-order chi connectivity index (χ1) is 23.5. The van der Waals surface area contributed by atoms with Crippen LogP contribution in [-0.2, 0) is 17.9 Å². The highest BCUT2D eigenvalue weighted by molar-refractivity contribution is 5.86. The predicted molar refractivity (Wildman–Crippen MR) is 188 cm³/mol. The summed E-state index contributed by atoms with van der Waals surface area (Å²) in [6.07, 6.45) is -0.613. The van der Waals surface area contributed by atoms with Crippen LogP contribution in [0.25, 0.3) is 0 Å². The lowest BCUT2D eigenvalue weighted by Gasteiger charge is -2.35. The Morgan fingerprint density at radius 3 is 1.77 bits per heavy atom. The molecule has 0 bridgehead atoms. The van der Waals surface area contributed by atoms with Crippen molar-refractivity contribution in [3.63, 3.8) is 0 Å². The first-order valence-electron chi connectivity index (χ1n) is 15.8. The van der Waals surface area contributed by atoms with Crippen molar-refractivity contribution < 1.29 is 28.8 Å². The van der Waals surface area contributed by atoms with Gasteiger partial charge in [-0.25, -0.2) is 4.79 Å². The normalized spacial score (nSPS) is 11.6. The maximum Gasteiger partial charge on any atom is 0.411 e. The van der Waals surface area contributed by atoms with Gasteiger partial charge >= 0.3 is 6.09 Å². The first-order valence-corrected chi connectivity index (χ1v) is 15.8. The maximum atomic E-state index is 12.4. The van der Waals surface area contributed by atoms with Gasteiger partial charge in [0.2, 0.25) is 0 Å². The monoisotopic (exact) mass is 646 g/mol. The Morgan fingerprint density at radius 1 is 0.708 bits per heavy atom. The van der Waals surface area contributed by atoms with Crippen molar-refractivity contribution in [3.05, 3.63) is 155 Å². The zero-order chi connectivity index (χ0) is 33.7. The maximum absolute atomic E-state index is 12.4. The average Bonchev–Trinajstić information content (AvgIpc) is 3.14. The van der Waals surface area contributed by atoms with Gasteiger partial charge in [0.15, 0.2) is 0 Å². The van der Waals surface area contributed by atoms with Crippen molar-refractivity contribution in [1.29, 1.82) is 0 Å². The van der Waals surface area contributed by atoms with Gasteiger partial charge < -0.3 is 24.1 Å². The number of hydrogen-bond donors (Lipinski definition) is 2. The molecule has 5 aromatic rings. The highest BCUT2D eigenvalue weighted by Gasteiger charge is 2.27. The second kappa shape index (κ2) is 17.0. The number of methoxy groups -OCH3 is 3. The summed E-state index contributed by atoms with van der Waals surface area (Å²) in [5.41, 5.74) is 5.58. The highest BCUT2D eigenvalue weighted by atomic mass is 16.5. The van der Waals surface area contributed by atoms with E-state index in [4.69, 9.17) is 18.9 Å². The summed E-state index contributed by atoms with van der Waals surface area (Å²) in [6, 6.07) is 41.4. The average molecular weight is 647 g/mol. The molecule has 5 rings (SSSR count). The SMILES string of the molecule is COC(=O)Nc1cc(C(CO)N(Cc2ccccc2)CC(c2ccc(OC)cc2)c2ccc(OC)cc2)ccc1OCc1ccccc1. The second-order valence-corrected chi connectivity index (χ2v) is 11.4. The van der Waals surface area contributed by atoms with E-state index in [1.807, 2.05) is 91.0 Å². The van der Waals surface area contributed by atoms with Crippen molar-refractivity contribution in [2.45, 2.75) is 25.1 Å². The number of rotatable bonds is 15. The lowest BCUT2D eigenvalue weighted by molar-refractivity contribution is 0.113. The number of nitrogens with zero attached hydrogens (tertiary/aromatic N) is 1. The molecular weight excluding hydrogens is 604 g/mol. The smallest absolute Gasteiger partial charge is 0.411 e. The van der Waals surface area contributed by atoms with E-state index in [1.165, 1.54) is 7.11 Å². The Bertz CT molecular complexity index is 1670. The van der Waals surface area contributed by atoms with Crippen LogP contribution >= 0.6 is 0 Å². The molecule has 1 atom stereocenters. The van der Waals surface area contributed by atoms with Gasteiger partial charge in [-0.2, -0.15) is 0 Å². The Morgan fingerprint density at radius 2 is 1.25 bits per heavy atom. The number of carbonyl (C=O) groups is 1. The van der Waals surface area contributed by atoms with E-state index < -0.39 is 12.1 Å². The summed E-state index contributed by atoms with van der Waals surface area (Å²) in [6.45, 7) is 1.31. The molecule has 1 unspecified atom stereocenters. The van der Waals surface area contributed by atoms with Gasteiger partial charge in [0.25, 0.3) is 0 Å². The first kappa shape index (κ1) is 34.0. The Balaban J connectivity index is 1.53. The number of carbonyl (C=O) groups excluding carboxylic acids is 1. The lowest BCUT2D eigenvalue weighted by Crippen LogP contribution is -2.35. The molecular formula is C40H42N2O6. The third kappa shape index (κ3) is 8.94. The van der Waals surface area contributed by atoms with Gasteiger partial charge in [0, 0.05) is 19.0 Å². The van der Waals surface area contributed by atoms with Gasteiger partial charge in [0.1, 0.15) is 23.9 Å². The lowest BCUT2D eigenvalue weighted by atomic mass is 9.89. The van der Waals surface area contributed by atoms with Crippen LogP contribution in [0.2, 0.25) is 0 Å². The fourth-order valence-electron chi connectivity index (χ4n) is 5.74. The van der Waals surface area contributed by atoms with Gasteiger partial charge in [-0.3, -0.25) is 10.2 Å². The molecule has 0 saturated carbocycles. The minimum atomic E-state index is -0.613. The summed E-state index contributed by atoms with van der Waals surface area (Å²) in [5.74, 6) is 2.00. The molecule has 5 aromatic carbocycles. The zero-order valence-corrected chi connectivity index (χ0v) is 27.5. The minimum Gasteiger partial charge on any atom is -0.497 e. The van der Waals surface area contributed by atoms with Gasteiger partial charge in [-0.1, -0.05) is 91.0 Å². The third-order valence-electron chi connectivity index (χ3n) is 8.34. The van der Waals surface area contributed by atoms with E-state index in [-0.39, 0.29) is 12.5 Å². The Labute approximate surface area is 282 Å². The van der Waals surface area contributed by atoms with E-state index in [0.29, 0.717) is 31.1 Å². The molecule has 8 heteroatoms. The van der Waals surface area contributed by atoms with Crippen molar-refractivity contribution in [2.24, 2.45) is 0 Å². The topological polar surface area (TPSA) is 89.5 Å². The number of aliphatic hydroxyl groups excluding tert-OH is 1. The van der Waals surface area contributed by atoms with Crippen LogP contribution in [0.1, 0.15) is 39.8 Å². The molecule has 0 aromatic heterocycles. The van der Waals surface area contributed by atoms with Crippen LogP contribution in [0.5, 0.6) is 17.2 Å². The standard InChI is InChI=1S/C40H42N2O6/c1-45-34-19-14-31(15-20-34)36(32-16-21-35(46-2)22-17-32)26-42(25-29-10-6-4-7-11-29)38(27-43)33-18-23-39(37(24-33)41-40(44)47-3)48-28-30-12-8-5-9-13-30/h4-24,36,38,43H,25-28H2,1-3H3,(H,41,44). The fourth-order valence-corrected chi connectivity index (χ4v) is 5.74. The van der Waals surface area contributed by atoms with Gasteiger partial charge in [-0.15, -0.1) is 0 Å². The van der Waals surface area contributed by atoms with Gasteiger partial charge in [0.05, 0.1) is 39.7 Å². The van der Waals surface area contributed by atoms with E-state index in [9.17, 15) is 9.90 Å². The molecule has 0 heterocycles. The van der Waals surface area contributed by atoms with Crippen LogP contribution in [0, 0.1) is 0 Å². The molecule has 0 saturated heterocycles. The van der Waals surface area contributed by atoms with Crippen LogP contribution < -0.4 is 19.5 Å². The molecule has 0 aliphatic rings. The molecule has 8 nitrogen and oxygen atoms in total. The summed E-state index contributed by atoms with van der Waals surface area (Å²) in [5, 5.41) is 13.8. The molecule has 0 spiro atoms. The quantitative estimate of drug-likeness (QED) is 0.120. The number of aliphatic hydroxyl groups is 1. The van der Waals surface area contributed by atoms with Crippen LogP contribution in [-0.4, -0.2) is 50.6 Å². The third-order valence-corrected chi connectivity index (χ3v) is 8.34. The number of anilines is 1. The number of amides is 1. The summed E-state index contributed by atoms with van der Waals surface area (Å²) in [4.78, 5) is 14.7. The van der Waals surface area contributed by atoms with Crippen molar-refractivity contribution in [1.82, 2.24) is 4.90 Å². The molecule has 0 radical (unpaired) electrons. The summed E-state index contributed by atoms with van der Waals surface area (Å²) < 4.78 is 22.0. The van der Waals surface area contributed by atoms with Crippen molar-refractivity contribution in [2.75, 3.05) is 39.8 Å². The predicted octanol–water partition coefficient (Wildman–Crippen LogP) is 7.83. The van der Waals surface area contributed by atoms with Crippen LogP contribution in [0.4, 0.5) is 10.5 Å². The Hall–Kier alpha value is -5.31. The number of nitrogens with one attached hydrogen (secondary N) is 1. The van der Waals surface area contributed by atoms with Crippen molar-refractivity contribution in [3.8, 4) is 17.2 Å². The number of benzene rings is 5. The van der Waals surface area contributed by atoms with E-state index in [2.05, 4.69) is 46.6 Å². The summed E-state index contributed by atoms with van der Waals surface area (Å²) in [7, 11) is 4.63. The molecule has 2 N–H and O–H groups in total. The Kier molecular flexibility index (Phi) is 12.1. The van der Waals surface area contributed by atoms with E-state index in [1.54, 1.807) is 14.2 Å². The molecule has 1 amide bonds. The molecule has 0 aliphatic heterocycles. The van der Waals surface area contributed by atoms with Crippen molar-refractivity contribution >= 4 is 11.8 Å². The second-order valence-electron chi connectivity index (χ2n) is 11.4. The zero-order valence-electron chi connectivity index (χ0n) is 27.5. The minimum absolute atomic E-state index is 0.0549. The number of ether oxygens (including phenoxy) is 4. The highest BCUT2D eigenvalue weighted by Crippen LogP contribution is 2.35. The van der Waals surface area contributed by atoms with E-state index in [0.717, 1.165) is 39.3 Å². The van der Waals surface area contributed by atoms with Crippen LogP contribution in [0.15, 0.2) is 127 Å². The molecule has 248 valence electrons. The molecule has 48 heavy (non-hydrogen) atoms. The van der Waals surface area contributed by atoms with Crippen LogP contribution in [0.3, 0.4) is 0 Å². The van der Waals surface area contributed by atoms with Gasteiger partial charge in [-0.05, 0) is 64.2 Å². The summed E-state index contributed by atoms with van der Waals surface area (Å²) >= 11 is 0. The fraction of sp³-hybridized carbons (Fsp3) is 0.225. The van der Waals surface area contributed by atoms with E-state index >= 15 is 0 Å². The molecule has 0 fully saturated rings. The molecule has 0 aliphatic carbocycles.